The zero-order valence-electron chi connectivity index (χ0n) is 12.6. The Morgan fingerprint density at radius 3 is 2.60 bits per heavy atom. The molecule has 1 aliphatic rings. The molecule has 0 radical (unpaired) electrons. The number of halogens is 2. The largest absolute Gasteiger partial charge is 0.465 e. The molecule has 0 unspecified atom stereocenters. The van der Waals surface area contributed by atoms with E-state index in [9.17, 15) is 19.2 Å². The number of hydrogen-bond acceptors (Lipinski definition) is 6. The summed E-state index contributed by atoms with van der Waals surface area (Å²) in [6.07, 6.45) is 0. The molecule has 0 fully saturated rings. The van der Waals surface area contributed by atoms with E-state index in [4.69, 9.17) is 17.3 Å². The fourth-order valence-corrected chi connectivity index (χ4v) is 3.46. The highest BCUT2D eigenvalue weighted by Gasteiger charge is 2.32. The zero-order valence-corrected chi connectivity index (χ0v) is 15.5. The number of carbonyl (C=O) groups excluding carboxylic acids is 3. The van der Waals surface area contributed by atoms with Crippen LogP contribution < -0.4 is 16.6 Å². The number of nitrogens with zero attached hydrogens (tertiary/aromatic N) is 1. The van der Waals surface area contributed by atoms with Gasteiger partial charge in [0.1, 0.15) is 5.82 Å². The monoisotopic (exact) mass is 473 g/mol. The average Bonchev–Trinajstić information content (AvgIpc) is 2.85. The molecule has 25 heavy (non-hydrogen) atoms. The van der Waals surface area contributed by atoms with Gasteiger partial charge in [-0.15, -0.1) is 0 Å². The molecule has 2 aromatic rings. The van der Waals surface area contributed by atoms with E-state index in [0.29, 0.717) is 3.57 Å². The van der Waals surface area contributed by atoms with Gasteiger partial charge < -0.3 is 10.5 Å². The lowest BCUT2D eigenvalue weighted by Crippen LogP contribution is -2.25. The second-order valence-corrected chi connectivity index (χ2v) is 6.48. The van der Waals surface area contributed by atoms with Crippen LogP contribution in [0, 0.1) is 3.57 Å². The van der Waals surface area contributed by atoms with Gasteiger partial charge >= 0.3 is 5.97 Å². The number of nitrogen functional groups attached to an aromatic ring is 1. The van der Waals surface area contributed by atoms with Gasteiger partial charge in [-0.25, -0.2) is 4.79 Å². The predicted molar refractivity (Wildman–Crippen MR) is 97.3 cm³/mol. The number of aromatic nitrogens is 1. The highest BCUT2D eigenvalue weighted by Crippen LogP contribution is 2.31. The number of fused-ring (bicyclic) bond motifs is 1. The average molecular weight is 474 g/mol. The van der Waals surface area contributed by atoms with E-state index in [0.717, 1.165) is 10.6 Å². The molecule has 8 nitrogen and oxygen atoms in total. The van der Waals surface area contributed by atoms with Crippen molar-refractivity contribution in [3.05, 3.63) is 53.8 Å². The number of amides is 2. The minimum atomic E-state index is -0.682. The van der Waals surface area contributed by atoms with Gasteiger partial charge in [0.15, 0.2) is 0 Å². The summed E-state index contributed by atoms with van der Waals surface area (Å²) in [6, 6.07) is 3.87. The number of nitrogens with two attached hydrogens (primary N) is 1. The first-order valence-electron chi connectivity index (χ1n) is 6.75. The van der Waals surface area contributed by atoms with Gasteiger partial charge in [0.25, 0.3) is 17.4 Å². The maximum Gasteiger partial charge on any atom is 0.339 e. The van der Waals surface area contributed by atoms with Crippen molar-refractivity contribution in [1.29, 1.82) is 0 Å². The van der Waals surface area contributed by atoms with Crippen molar-refractivity contribution in [3.8, 4) is 5.69 Å². The van der Waals surface area contributed by atoms with Crippen LogP contribution in [0.25, 0.3) is 5.69 Å². The van der Waals surface area contributed by atoms with Gasteiger partial charge in [-0.2, -0.15) is 0 Å². The molecule has 1 aliphatic heterocycles. The molecule has 0 atom stereocenters. The Balaban J connectivity index is 2.29. The minimum Gasteiger partial charge on any atom is -0.465 e. The topological polar surface area (TPSA) is 120 Å². The fourth-order valence-electron chi connectivity index (χ4n) is 2.51. The SMILES string of the molecule is COC(=O)c1ccc(-n2c(N)c3c(cc2=O)C(=O)NC3=O)c(I)c1Cl. The molecule has 2 heterocycles. The van der Waals surface area contributed by atoms with E-state index in [1.165, 1.54) is 19.2 Å². The Hall–Kier alpha value is -2.40. The molecule has 2 amide bonds. The van der Waals surface area contributed by atoms with Crippen molar-refractivity contribution in [1.82, 2.24) is 9.88 Å². The Bertz CT molecular complexity index is 1030. The van der Waals surface area contributed by atoms with Gasteiger partial charge in [-0.1, -0.05) is 11.6 Å². The normalized spacial score (nSPS) is 12.8. The van der Waals surface area contributed by atoms with Crippen molar-refractivity contribution >= 4 is 57.8 Å². The maximum atomic E-state index is 12.4. The minimum absolute atomic E-state index is 0.0731. The number of methoxy groups -OCH3 is 1. The molecule has 0 saturated heterocycles. The lowest BCUT2D eigenvalue weighted by molar-refractivity contribution is 0.0600. The summed E-state index contributed by atoms with van der Waals surface area (Å²) in [5.74, 6) is -2.18. The van der Waals surface area contributed by atoms with Crippen LogP contribution in [0.15, 0.2) is 23.0 Å². The lowest BCUT2D eigenvalue weighted by atomic mass is 10.1. The van der Waals surface area contributed by atoms with Crippen molar-refractivity contribution in [2.75, 3.05) is 12.8 Å². The molecular weight excluding hydrogens is 465 g/mol. The Morgan fingerprint density at radius 1 is 1.28 bits per heavy atom. The first-order chi connectivity index (χ1) is 11.8. The summed E-state index contributed by atoms with van der Waals surface area (Å²) in [6.45, 7) is 0. The maximum absolute atomic E-state index is 12.4. The second-order valence-electron chi connectivity index (χ2n) is 5.03. The molecule has 1 aromatic carbocycles. The van der Waals surface area contributed by atoms with Crippen molar-refractivity contribution < 1.29 is 19.1 Å². The predicted octanol–water partition coefficient (Wildman–Crippen LogP) is 1.35. The zero-order chi connectivity index (χ0) is 18.5. The lowest BCUT2D eigenvalue weighted by Gasteiger charge is -2.15. The summed E-state index contributed by atoms with van der Waals surface area (Å²) >= 11 is 8.05. The Morgan fingerprint density at radius 2 is 1.96 bits per heavy atom. The highest BCUT2D eigenvalue weighted by molar-refractivity contribution is 14.1. The number of rotatable bonds is 2. The number of nitrogens with one attached hydrogen (secondary N) is 1. The molecular formula is C15H9ClIN3O5. The number of imide groups is 1. The number of esters is 1. The van der Waals surface area contributed by atoms with Gasteiger partial charge in [-0.3, -0.25) is 24.3 Å². The summed E-state index contributed by atoms with van der Waals surface area (Å²) < 4.78 is 6.06. The van der Waals surface area contributed by atoms with Crippen LogP contribution in [-0.2, 0) is 4.74 Å². The van der Waals surface area contributed by atoms with Crippen molar-refractivity contribution in [2.45, 2.75) is 0 Å². The molecule has 1 aromatic heterocycles. The summed E-state index contributed by atoms with van der Waals surface area (Å²) in [5, 5.41) is 2.17. The Labute approximate surface area is 159 Å². The van der Waals surface area contributed by atoms with E-state index in [1.807, 2.05) is 22.6 Å². The van der Waals surface area contributed by atoms with Crippen LogP contribution in [0.5, 0.6) is 0 Å². The molecule has 128 valence electrons. The number of benzene rings is 1. The molecule has 3 N–H and O–H groups in total. The first kappa shape index (κ1) is 17.4. The number of pyridine rings is 1. The van der Waals surface area contributed by atoms with Crippen LogP contribution in [-0.4, -0.2) is 29.5 Å². The van der Waals surface area contributed by atoms with Crippen molar-refractivity contribution in [2.24, 2.45) is 0 Å². The molecule has 10 heteroatoms. The number of carbonyl (C=O) groups is 3. The fraction of sp³-hybridized carbons (Fsp3) is 0.0667. The van der Waals surface area contributed by atoms with E-state index in [2.05, 4.69) is 10.1 Å². The van der Waals surface area contributed by atoms with E-state index in [1.54, 1.807) is 0 Å². The number of anilines is 1. The second kappa shape index (κ2) is 6.15. The molecule has 0 bridgehead atoms. The van der Waals surface area contributed by atoms with Gasteiger partial charge in [0.05, 0.1) is 38.1 Å². The third-order valence-electron chi connectivity index (χ3n) is 3.66. The van der Waals surface area contributed by atoms with E-state index >= 15 is 0 Å². The molecule has 0 aliphatic carbocycles. The van der Waals surface area contributed by atoms with Crippen LogP contribution in [0.2, 0.25) is 5.02 Å². The van der Waals surface area contributed by atoms with Gasteiger partial charge in [-0.05, 0) is 34.7 Å². The van der Waals surface area contributed by atoms with Crippen LogP contribution >= 0.6 is 34.2 Å². The Kier molecular flexibility index (Phi) is 4.29. The third kappa shape index (κ3) is 2.59. The van der Waals surface area contributed by atoms with Gasteiger partial charge in [0.2, 0.25) is 0 Å². The summed E-state index contributed by atoms with van der Waals surface area (Å²) in [5.41, 5.74) is 5.61. The van der Waals surface area contributed by atoms with Crippen LogP contribution in [0.3, 0.4) is 0 Å². The standard InChI is InChI=1S/C15H9ClIN3O5/c1-25-15(24)5-2-3-7(11(17)10(5)16)20-8(21)4-6-9(12(20)18)14(23)19-13(6)22/h2-4H,18H2,1H3,(H,19,22,23). The first-order valence-corrected chi connectivity index (χ1v) is 8.21. The van der Waals surface area contributed by atoms with E-state index < -0.39 is 23.3 Å². The van der Waals surface area contributed by atoms with Crippen LogP contribution in [0.1, 0.15) is 31.1 Å². The van der Waals surface area contributed by atoms with Crippen molar-refractivity contribution in [3.63, 3.8) is 0 Å². The smallest absolute Gasteiger partial charge is 0.339 e. The summed E-state index contributed by atoms with van der Waals surface area (Å²) in [4.78, 5) is 47.8. The molecule has 3 rings (SSSR count). The summed E-state index contributed by atoms with van der Waals surface area (Å²) in [7, 11) is 1.22. The van der Waals surface area contributed by atoms with E-state index in [-0.39, 0.29) is 33.2 Å². The number of hydrogen-bond donors (Lipinski definition) is 2. The molecule has 0 saturated carbocycles. The van der Waals surface area contributed by atoms with Gasteiger partial charge in [0, 0.05) is 6.07 Å². The van der Waals surface area contributed by atoms with Crippen LogP contribution in [0.4, 0.5) is 5.82 Å². The highest BCUT2D eigenvalue weighted by atomic mass is 127. The number of ether oxygens (including phenoxy) is 1. The third-order valence-corrected chi connectivity index (χ3v) is 5.46. The molecule has 0 spiro atoms. The quantitative estimate of drug-likeness (QED) is 0.386.